The second kappa shape index (κ2) is 12.5. The summed E-state index contributed by atoms with van der Waals surface area (Å²) in [6.07, 6.45) is 0. The minimum Gasteiger partial charge on any atom is -0.497 e. The molecule has 10 heteroatoms. The highest BCUT2D eigenvalue weighted by molar-refractivity contribution is 6.30. The summed E-state index contributed by atoms with van der Waals surface area (Å²) in [5.74, 6) is 0.643. The minimum absolute atomic E-state index is 0.115. The first-order chi connectivity index (χ1) is 19.9. The van der Waals surface area contributed by atoms with Crippen LogP contribution in [0, 0.1) is 0 Å². The number of ether oxygens (including phenoxy) is 2. The van der Waals surface area contributed by atoms with Gasteiger partial charge in [-0.2, -0.15) is 0 Å². The Hall–Kier alpha value is -4.89. The maximum absolute atomic E-state index is 14.1. The molecule has 5 rings (SSSR count). The van der Waals surface area contributed by atoms with Gasteiger partial charge in [-0.3, -0.25) is 9.59 Å². The number of fused-ring (bicyclic) bond motifs is 1. The molecular weight excluding hydrogens is 542 g/mol. The van der Waals surface area contributed by atoms with Crippen LogP contribution in [0.25, 0.3) is 11.0 Å². The fourth-order valence-corrected chi connectivity index (χ4v) is 4.63. The van der Waals surface area contributed by atoms with Gasteiger partial charge in [0.2, 0.25) is 5.91 Å². The van der Waals surface area contributed by atoms with Crippen molar-refractivity contribution in [2.24, 2.45) is 0 Å². The fourth-order valence-electron chi connectivity index (χ4n) is 4.51. The molecule has 41 heavy (non-hydrogen) atoms. The largest absolute Gasteiger partial charge is 0.497 e. The number of methoxy groups -OCH3 is 2. The lowest BCUT2D eigenvalue weighted by atomic mass is 10.0. The van der Waals surface area contributed by atoms with E-state index in [1.54, 1.807) is 72.3 Å². The van der Waals surface area contributed by atoms with Crippen LogP contribution in [0.4, 0.5) is 5.69 Å². The summed E-state index contributed by atoms with van der Waals surface area (Å²) in [5.41, 5.74) is 3.38. The molecule has 1 aromatic heterocycles. The summed E-state index contributed by atoms with van der Waals surface area (Å²) in [4.78, 5) is 29.6. The smallest absolute Gasteiger partial charge is 0.251 e. The van der Waals surface area contributed by atoms with Gasteiger partial charge in [0.15, 0.2) is 0 Å². The van der Waals surface area contributed by atoms with Crippen molar-refractivity contribution in [1.82, 2.24) is 19.9 Å². The Bertz CT molecular complexity index is 1640. The van der Waals surface area contributed by atoms with Gasteiger partial charge in [0, 0.05) is 17.3 Å². The zero-order valence-corrected chi connectivity index (χ0v) is 23.3. The monoisotopic (exact) mass is 569 g/mol. The molecule has 1 N–H and O–H groups in total. The maximum Gasteiger partial charge on any atom is 0.251 e. The number of amides is 2. The fraction of sp³-hybridized carbons (Fsp3) is 0.161. The van der Waals surface area contributed by atoms with E-state index in [0.29, 0.717) is 33.3 Å². The summed E-state index contributed by atoms with van der Waals surface area (Å²) in [5, 5.41) is 11.8. The van der Waals surface area contributed by atoms with Gasteiger partial charge >= 0.3 is 0 Å². The van der Waals surface area contributed by atoms with Crippen molar-refractivity contribution < 1.29 is 19.1 Å². The second-order valence-electron chi connectivity index (χ2n) is 9.28. The molecule has 0 fully saturated rings. The molecule has 1 unspecified atom stereocenters. The molecule has 0 saturated carbocycles. The average molecular weight is 570 g/mol. The number of hydrogen-bond acceptors (Lipinski definition) is 6. The molecule has 0 aliphatic heterocycles. The first-order valence-electron chi connectivity index (χ1n) is 12.9. The molecule has 0 aliphatic rings. The van der Waals surface area contributed by atoms with E-state index in [4.69, 9.17) is 21.1 Å². The Kier molecular flexibility index (Phi) is 8.45. The number of nitrogens with zero attached hydrogens (tertiary/aromatic N) is 4. The van der Waals surface area contributed by atoms with E-state index < -0.39 is 6.04 Å². The standard InChI is InChI=1S/C31H28ClN5O4/c1-40-25-15-7-21(8-16-25)19-36(29(38)20-37-28-6-4-3-5-27(28)34-35-37)30(22-9-11-23(32)12-10-22)31(39)33-24-13-17-26(41-2)18-14-24/h3-18,30H,19-20H2,1-2H3,(H,33,39). The van der Waals surface area contributed by atoms with Crippen molar-refractivity contribution in [3.05, 3.63) is 113 Å². The van der Waals surface area contributed by atoms with E-state index in [9.17, 15) is 9.59 Å². The predicted molar refractivity (Wildman–Crippen MR) is 157 cm³/mol. The summed E-state index contributed by atoms with van der Waals surface area (Å²) in [6, 6.07) is 27.7. The molecule has 0 bridgehead atoms. The van der Waals surface area contributed by atoms with Crippen LogP contribution in [0.3, 0.4) is 0 Å². The van der Waals surface area contributed by atoms with Crippen LogP contribution >= 0.6 is 11.6 Å². The molecular formula is C31H28ClN5O4. The summed E-state index contributed by atoms with van der Waals surface area (Å²) in [7, 11) is 3.17. The molecule has 0 aliphatic carbocycles. The minimum atomic E-state index is -0.987. The van der Waals surface area contributed by atoms with E-state index in [1.807, 2.05) is 48.5 Å². The van der Waals surface area contributed by atoms with Crippen LogP contribution in [0.1, 0.15) is 17.2 Å². The van der Waals surface area contributed by atoms with Gasteiger partial charge in [-0.05, 0) is 71.8 Å². The number of carbonyl (C=O) groups is 2. The second-order valence-corrected chi connectivity index (χ2v) is 9.71. The third kappa shape index (κ3) is 6.47. The third-order valence-corrected chi connectivity index (χ3v) is 6.89. The molecule has 208 valence electrons. The Morgan fingerprint density at radius 3 is 2.17 bits per heavy atom. The lowest BCUT2D eigenvalue weighted by Gasteiger charge is -2.32. The number of aromatic nitrogens is 3. The highest BCUT2D eigenvalue weighted by Crippen LogP contribution is 2.28. The molecule has 1 atom stereocenters. The molecule has 0 saturated heterocycles. The Balaban J connectivity index is 1.53. The van der Waals surface area contributed by atoms with Crippen molar-refractivity contribution in [1.29, 1.82) is 0 Å². The predicted octanol–water partition coefficient (Wildman–Crippen LogP) is 5.51. The summed E-state index contributed by atoms with van der Waals surface area (Å²) >= 11 is 6.18. The number of nitrogens with one attached hydrogen (secondary N) is 1. The zero-order chi connectivity index (χ0) is 28.8. The molecule has 9 nitrogen and oxygen atoms in total. The van der Waals surface area contributed by atoms with E-state index >= 15 is 0 Å². The third-order valence-electron chi connectivity index (χ3n) is 6.64. The van der Waals surface area contributed by atoms with E-state index in [2.05, 4.69) is 15.6 Å². The van der Waals surface area contributed by atoms with Crippen LogP contribution in [0.5, 0.6) is 11.5 Å². The summed E-state index contributed by atoms with van der Waals surface area (Å²) < 4.78 is 12.1. The number of carbonyl (C=O) groups excluding carboxylic acids is 2. The lowest BCUT2D eigenvalue weighted by Crippen LogP contribution is -2.42. The molecule has 2 amide bonds. The van der Waals surface area contributed by atoms with Crippen LogP contribution < -0.4 is 14.8 Å². The van der Waals surface area contributed by atoms with Gasteiger partial charge in [-0.15, -0.1) is 5.10 Å². The SMILES string of the molecule is COc1ccc(CN(C(=O)Cn2nnc3ccccc32)C(C(=O)Nc2ccc(OC)cc2)c2ccc(Cl)cc2)cc1. The molecule has 0 radical (unpaired) electrons. The molecule has 0 spiro atoms. The van der Waals surface area contributed by atoms with Crippen LogP contribution in [-0.2, 0) is 22.7 Å². The highest BCUT2D eigenvalue weighted by Gasteiger charge is 2.32. The first kappa shape index (κ1) is 27.7. The number of rotatable bonds is 10. The van der Waals surface area contributed by atoms with Gasteiger partial charge in [0.1, 0.15) is 29.6 Å². The highest BCUT2D eigenvalue weighted by atomic mass is 35.5. The number of hydrogen-bond donors (Lipinski definition) is 1. The molecule has 1 heterocycles. The first-order valence-corrected chi connectivity index (χ1v) is 13.2. The van der Waals surface area contributed by atoms with E-state index in [-0.39, 0.29) is 24.9 Å². The molecule has 5 aromatic rings. The van der Waals surface area contributed by atoms with Crippen molar-refractivity contribution in [3.63, 3.8) is 0 Å². The maximum atomic E-state index is 14.1. The zero-order valence-electron chi connectivity index (χ0n) is 22.5. The Labute approximate surface area is 242 Å². The Morgan fingerprint density at radius 2 is 1.51 bits per heavy atom. The quantitative estimate of drug-likeness (QED) is 0.238. The average Bonchev–Trinajstić information content (AvgIpc) is 3.41. The Morgan fingerprint density at radius 1 is 0.878 bits per heavy atom. The van der Waals surface area contributed by atoms with Crippen molar-refractivity contribution in [2.45, 2.75) is 19.1 Å². The van der Waals surface area contributed by atoms with Crippen molar-refractivity contribution in [2.75, 3.05) is 19.5 Å². The van der Waals surface area contributed by atoms with Gasteiger partial charge < -0.3 is 19.7 Å². The number of anilines is 1. The van der Waals surface area contributed by atoms with Crippen LogP contribution in [0.2, 0.25) is 5.02 Å². The van der Waals surface area contributed by atoms with E-state index in [0.717, 1.165) is 11.1 Å². The van der Waals surface area contributed by atoms with Crippen LogP contribution in [-0.4, -0.2) is 45.9 Å². The van der Waals surface area contributed by atoms with Gasteiger partial charge in [0.05, 0.1) is 19.7 Å². The lowest BCUT2D eigenvalue weighted by molar-refractivity contribution is -0.140. The number of para-hydroxylation sites is 1. The van der Waals surface area contributed by atoms with Gasteiger partial charge in [0.25, 0.3) is 5.91 Å². The normalized spacial score (nSPS) is 11.6. The molecule has 4 aromatic carbocycles. The van der Waals surface area contributed by atoms with Gasteiger partial charge in [-0.1, -0.05) is 53.2 Å². The van der Waals surface area contributed by atoms with Gasteiger partial charge in [-0.25, -0.2) is 4.68 Å². The van der Waals surface area contributed by atoms with E-state index in [1.165, 1.54) is 0 Å². The van der Waals surface area contributed by atoms with Crippen molar-refractivity contribution >= 4 is 40.1 Å². The number of halogens is 1. The van der Waals surface area contributed by atoms with Crippen molar-refractivity contribution in [3.8, 4) is 11.5 Å². The summed E-state index contributed by atoms with van der Waals surface area (Å²) in [6.45, 7) is 0.0371. The number of benzene rings is 4. The van der Waals surface area contributed by atoms with Crippen LogP contribution in [0.15, 0.2) is 97.1 Å². The topological polar surface area (TPSA) is 98.6 Å².